The molecule has 2 unspecified atom stereocenters. The molecule has 0 bridgehead atoms. The Morgan fingerprint density at radius 3 is 2.86 bits per heavy atom. The molecular formula is C14H16ClF2NO3. The fourth-order valence-electron chi connectivity index (χ4n) is 2.46. The number of alkyl halides is 2. The molecule has 1 aliphatic rings. The summed E-state index contributed by atoms with van der Waals surface area (Å²) in [5.74, 6) is -0.756. The first-order valence-corrected chi connectivity index (χ1v) is 7.04. The molecule has 116 valence electrons. The normalized spacial score (nSPS) is 21.6. The van der Waals surface area contributed by atoms with Gasteiger partial charge in [-0.25, -0.2) is 0 Å². The van der Waals surface area contributed by atoms with E-state index in [0.717, 1.165) is 6.42 Å². The maximum atomic E-state index is 12.3. The number of hydrogen-bond acceptors (Lipinski definition) is 3. The van der Waals surface area contributed by atoms with Crippen LogP contribution in [0.25, 0.3) is 0 Å². The van der Waals surface area contributed by atoms with Gasteiger partial charge in [0.05, 0.1) is 12.0 Å². The summed E-state index contributed by atoms with van der Waals surface area (Å²) in [5.41, 5.74) is 0.364. The fraction of sp³-hybridized carbons (Fsp3) is 0.500. The van der Waals surface area contributed by atoms with Crippen molar-refractivity contribution in [3.05, 3.63) is 28.8 Å². The van der Waals surface area contributed by atoms with Crippen molar-refractivity contribution in [2.24, 2.45) is 5.92 Å². The van der Waals surface area contributed by atoms with Gasteiger partial charge in [0.25, 0.3) is 0 Å². The summed E-state index contributed by atoms with van der Waals surface area (Å²) < 4.78 is 29.0. The summed E-state index contributed by atoms with van der Waals surface area (Å²) in [6, 6.07) is 4.23. The molecule has 0 heterocycles. The lowest BCUT2D eigenvalue weighted by atomic mass is 10.1. The zero-order chi connectivity index (χ0) is 15.4. The third-order valence-corrected chi connectivity index (χ3v) is 3.74. The maximum Gasteiger partial charge on any atom is 0.387 e. The molecule has 0 radical (unpaired) electrons. The minimum absolute atomic E-state index is 0.0185. The van der Waals surface area contributed by atoms with Crippen molar-refractivity contribution in [3.63, 3.8) is 0 Å². The van der Waals surface area contributed by atoms with Crippen LogP contribution in [0.1, 0.15) is 24.8 Å². The van der Waals surface area contributed by atoms with Crippen molar-refractivity contribution in [1.82, 2.24) is 5.32 Å². The summed E-state index contributed by atoms with van der Waals surface area (Å²) in [6.45, 7) is -2.93. The van der Waals surface area contributed by atoms with E-state index < -0.39 is 18.6 Å². The number of benzene rings is 1. The fourth-order valence-corrected chi connectivity index (χ4v) is 2.65. The average Bonchev–Trinajstić information content (AvgIpc) is 2.84. The number of aliphatic hydroxyl groups is 1. The van der Waals surface area contributed by atoms with Gasteiger partial charge in [-0.2, -0.15) is 8.78 Å². The second-order valence-electron chi connectivity index (χ2n) is 4.95. The quantitative estimate of drug-likeness (QED) is 0.877. The Balaban J connectivity index is 2.01. The van der Waals surface area contributed by atoms with Gasteiger partial charge in [0.2, 0.25) is 5.91 Å². The monoisotopic (exact) mass is 319 g/mol. The summed E-state index contributed by atoms with van der Waals surface area (Å²) in [6.07, 6.45) is 1.40. The molecule has 0 aromatic heterocycles. The van der Waals surface area contributed by atoms with Crippen LogP contribution >= 0.6 is 11.6 Å². The van der Waals surface area contributed by atoms with Crippen LogP contribution < -0.4 is 10.1 Å². The van der Waals surface area contributed by atoms with E-state index in [9.17, 15) is 18.7 Å². The number of hydrogen-bond donors (Lipinski definition) is 2. The molecule has 1 aromatic carbocycles. The Hall–Kier alpha value is -1.40. The van der Waals surface area contributed by atoms with Gasteiger partial charge < -0.3 is 15.2 Å². The van der Waals surface area contributed by atoms with Crippen molar-refractivity contribution in [2.75, 3.05) is 0 Å². The summed E-state index contributed by atoms with van der Waals surface area (Å²) in [7, 11) is 0. The van der Waals surface area contributed by atoms with Crippen LogP contribution in [-0.2, 0) is 11.3 Å². The number of carbonyl (C=O) groups excluding carboxylic acids is 1. The minimum atomic E-state index is -2.95. The predicted molar refractivity (Wildman–Crippen MR) is 73.3 cm³/mol. The molecule has 0 aliphatic heterocycles. The largest absolute Gasteiger partial charge is 0.434 e. The van der Waals surface area contributed by atoms with E-state index in [1.807, 2.05) is 0 Å². The van der Waals surface area contributed by atoms with Crippen LogP contribution in [0, 0.1) is 5.92 Å². The van der Waals surface area contributed by atoms with Gasteiger partial charge in [0, 0.05) is 17.1 Å². The minimum Gasteiger partial charge on any atom is -0.434 e. The molecule has 2 rings (SSSR count). The average molecular weight is 320 g/mol. The molecule has 0 saturated heterocycles. The van der Waals surface area contributed by atoms with E-state index in [0.29, 0.717) is 23.4 Å². The number of ether oxygens (including phenoxy) is 1. The highest BCUT2D eigenvalue weighted by Gasteiger charge is 2.31. The number of carbonyl (C=O) groups is 1. The van der Waals surface area contributed by atoms with E-state index in [2.05, 4.69) is 10.1 Å². The molecule has 1 aromatic rings. The lowest BCUT2D eigenvalue weighted by Crippen LogP contribution is -2.34. The Morgan fingerprint density at radius 1 is 1.48 bits per heavy atom. The highest BCUT2D eigenvalue weighted by Crippen LogP contribution is 2.27. The number of nitrogens with one attached hydrogen (secondary N) is 1. The molecule has 1 aliphatic carbocycles. The molecule has 0 spiro atoms. The van der Waals surface area contributed by atoms with Gasteiger partial charge >= 0.3 is 6.61 Å². The Kier molecular flexibility index (Phi) is 5.36. The topological polar surface area (TPSA) is 58.6 Å². The van der Waals surface area contributed by atoms with Crippen LogP contribution in [0.3, 0.4) is 0 Å². The molecule has 21 heavy (non-hydrogen) atoms. The third kappa shape index (κ3) is 4.28. The van der Waals surface area contributed by atoms with Crippen LogP contribution in [0.4, 0.5) is 8.78 Å². The SMILES string of the molecule is O=C(NCc1cc(Cl)ccc1OC(F)F)C1CCCC1O. The van der Waals surface area contributed by atoms with Crippen LogP contribution in [0.5, 0.6) is 5.75 Å². The first kappa shape index (κ1) is 16.0. The lowest BCUT2D eigenvalue weighted by molar-refractivity contribution is -0.127. The maximum absolute atomic E-state index is 12.3. The van der Waals surface area contributed by atoms with Gasteiger partial charge in [-0.05, 0) is 37.5 Å². The van der Waals surface area contributed by atoms with E-state index in [1.165, 1.54) is 18.2 Å². The third-order valence-electron chi connectivity index (χ3n) is 3.51. The van der Waals surface area contributed by atoms with Crippen LogP contribution in [-0.4, -0.2) is 23.7 Å². The predicted octanol–water partition coefficient (Wildman–Crippen LogP) is 2.72. The van der Waals surface area contributed by atoms with E-state index in [-0.39, 0.29) is 18.2 Å². The van der Waals surface area contributed by atoms with Crippen molar-refractivity contribution in [2.45, 2.75) is 38.5 Å². The molecule has 7 heteroatoms. The molecule has 2 N–H and O–H groups in total. The number of halogens is 3. The van der Waals surface area contributed by atoms with Crippen molar-refractivity contribution in [3.8, 4) is 5.75 Å². The standard InChI is InChI=1S/C14H16ClF2NO3/c15-9-4-5-12(21-14(16)17)8(6-9)7-18-13(20)10-2-1-3-11(10)19/h4-6,10-11,14,19H,1-3,7H2,(H,18,20). The highest BCUT2D eigenvalue weighted by atomic mass is 35.5. The number of rotatable bonds is 5. The van der Waals surface area contributed by atoms with Crippen molar-refractivity contribution in [1.29, 1.82) is 0 Å². The van der Waals surface area contributed by atoms with Gasteiger partial charge in [-0.15, -0.1) is 0 Å². The highest BCUT2D eigenvalue weighted by molar-refractivity contribution is 6.30. The van der Waals surface area contributed by atoms with Crippen molar-refractivity contribution >= 4 is 17.5 Å². The molecule has 1 amide bonds. The van der Waals surface area contributed by atoms with E-state index in [1.54, 1.807) is 0 Å². The molecule has 2 atom stereocenters. The van der Waals surface area contributed by atoms with E-state index in [4.69, 9.17) is 11.6 Å². The van der Waals surface area contributed by atoms with Crippen LogP contribution in [0.2, 0.25) is 5.02 Å². The molecule has 1 saturated carbocycles. The summed E-state index contributed by atoms with van der Waals surface area (Å²) in [4.78, 5) is 12.0. The Bertz CT molecular complexity index is 513. The Labute approximate surface area is 126 Å². The molecule has 4 nitrogen and oxygen atoms in total. The lowest BCUT2D eigenvalue weighted by Gasteiger charge is -2.16. The van der Waals surface area contributed by atoms with Gasteiger partial charge in [0.15, 0.2) is 0 Å². The second kappa shape index (κ2) is 7.04. The summed E-state index contributed by atoms with van der Waals surface area (Å²) >= 11 is 5.82. The second-order valence-corrected chi connectivity index (χ2v) is 5.39. The van der Waals surface area contributed by atoms with Crippen molar-refractivity contribution < 1.29 is 23.4 Å². The Morgan fingerprint density at radius 2 is 2.24 bits per heavy atom. The smallest absolute Gasteiger partial charge is 0.387 e. The zero-order valence-corrected chi connectivity index (χ0v) is 11.9. The van der Waals surface area contributed by atoms with Gasteiger partial charge in [-0.3, -0.25) is 4.79 Å². The molecular weight excluding hydrogens is 304 g/mol. The van der Waals surface area contributed by atoms with E-state index >= 15 is 0 Å². The van der Waals surface area contributed by atoms with Gasteiger partial charge in [-0.1, -0.05) is 11.6 Å². The van der Waals surface area contributed by atoms with Gasteiger partial charge in [0.1, 0.15) is 5.75 Å². The molecule has 1 fully saturated rings. The first-order chi connectivity index (χ1) is 9.97. The number of amides is 1. The summed E-state index contributed by atoms with van der Waals surface area (Å²) in [5, 5.41) is 12.7. The number of aliphatic hydroxyl groups excluding tert-OH is 1. The first-order valence-electron chi connectivity index (χ1n) is 6.66. The van der Waals surface area contributed by atoms with Crippen LogP contribution in [0.15, 0.2) is 18.2 Å². The zero-order valence-electron chi connectivity index (χ0n) is 11.2.